The fraction of sp³-hybridized carbons (Fsp3) is 0.273. The van der Waals surface area contributed by atoms with E-state index >= 15 is 0 Å². The quantitative estimate of drug-likeness (QED) is 0.191. The first-order chi connectivity index (χ1) is 20.9. The number of pyridine rings is 2. The van der Waals surface area contributed by atoms with Crippen molar-refractivity contribution in [2.24, 2.45) is 0 Å². The summed E-state index contributed by atoms with van der Waals surface area (Å²) in [6.07, 6.45) is 10.1. The lowest BCUT2D eigenvalue weighted by Crippen LogP contribution is -2.34. The van der Waals surface area contributed by atoms with Crippen LogP contribution in [0.25, 0.3) is 10.9 Å². The third-order valence-electron chi connectivity index (χ3n) is 7.25. The smallest absolute Gasteiger partial charge is 0.248 e. The third kappa shape index (κ3) is 7.41. The van der Waals surface area contributed by atoms with Crippen LogP contribution in [0.5, 0.6) is 11.5 Å². The minimum atomic E-state index is -0.258. The summed E-state index contributed by atoms with van der Waals surface area (Å²) >= 11 is 6.55. The number of nitriles is 1. The van der Waals surface area contributed by atoms with Crippen LogP contribution in [-0.4, -0.2) is 47.0 Å². The summed E-state index contributed by atoms with van der Waals surface area (Å²) < 4.78 is 11.7. The number of rotatable bonds is 10. The van der Waals surface area contributed by atoms with Crippen molar-refractivity contribution in [3.63, 3.8) is 0 Å². The van der Waals surface area contributed by atoms with Gasteiger partial charge in [-0.15, -0.1) is 0 Å². The molecule has 5 rings (SSSR count). The number of aromatic nitrogens is 2. The molecule has 1 aliphatic heterocycles. The zero-order valence-electron chi connectivity index (χ0n) is 24.1. The summed E-state index contributed by atoms with van der Waals surface area (Å²) in [7, 11) is 2.08. The summed E-state index contributed by atoms with van der Waals surface area (Å²) in [5.74, 6) is 0.746. The van der Waals surface area contributed by atoms with E-state index in [1.807, 2.05) is 37.3 Å². The van der Waals surface area contributed by atoms with E-state index in [-0.39, 0.29) is 18.6 Å². The van der Waals surface area contributed by atoms with Gasteiger partial charge in [-0.3, -0.25) is 19.7 Å². The maximum Gasteiger partial charge on any atom is 0.248 e. The van der Waals surface area contributed by atoms with Crippen molar-refractivity contribution in [2.75, 3.05) is 30.8 Å². The van der Waals surface area contributed by atoms with Crippen LogP contribution in [0.15, 0.2) is 73.1 Å². The van der Waals surface area contributed by atoms with Gasteiger partial charge < -0.3 is 20.1 Å². The van der Waals surface area contributed by atoms with Crippen LogP contribution >= 0.6 is 11.6 Å². The molecule has 2 aromatic carbocycles. The van der Waals surface area contributed by atoms with Gasteiger partial charge in [0, 0.05) is 41.7 Å². The fourth-order valence-corrected chi connectivity index (χ4v) is 5.24. The molecule has 1 unspecified atom stereocenters. The van der Waals surface area contributed by atoms with Crippen LogP contribution in [0.4, 0.5) is 17.1 Å². The van der Waals surface area contributed by atoms with E-state index in [1.165, 1.54) is 12.6 Å². The number of likely N-dealkylation sites (tertiary alicyclic amines) is 1. The molecular formula is C33H33ClN6O3. The number of amides is 1. The summed E-state index contributed by atoms with van der Waals surface area (Å²) in [6.45, 7) is 3.59. The number of ether oxygens (including phenoxy) is 2. The van der Waals surface area contributed by atoms with Gasteiger partial charge in [0.05, 0.1) is 39.8 Å². The van der Waals surface area contributed by atoms with Gasteiger partial charge in [0.1, 0.15) is 24.2 Å². The Balaban J connectivity index is 1.41. The Bertz CT molecular complexity index is 1670. The normalized spacial score (nSPS) is 15.3. The number of halogens is 1. The van der Waals surface area contributed by atoms with E-state index in [4.69, 9.17) is 21.1 Å². The average Bonchev–Trinajstić information content (AvgIpc) is 3.01. The predicted octanol–water partition coefficient (Wildman–Crippen LogP) is 6.86. The molecule has 1 amide bonds. The molecule has 4 aromatic rings. The number of hydrogen-bond acceptors (Lipinski definition) is 8. The first kappa shape index (κ1) is 29.8. The van der Waals surface area contributed by atoms with Gasteiger partial charge in [0.2, 0.25) is 5.91 Å². The van der Waals surface area contributed by atoms with Crippen LogP contribution < -0.4 is 20.1 Å². The maximum atomic E-state index is 13.0. The second kappa shape index (κ2) is 14.0. The molecule has 0 bridgehead atoms. The van der Waals surface area contributed by atoms with Gasteiger partial charge in [-0.2, -0.15) is 5.26 Å². The standard InChI is InChI=1S/C33H33ClN6O3/c1-3-42-31-18-28-26(17-29(31)39-32(41)13-11-25-9-5-7-15-40(25)2)33(22(19-35)20-37-28)38-23-10-12-30(27(34)16-23)43-21-24-8-4-6-14-36-24/h4,6,8,10-14,16-18,20,25H,3,5,7,9,15,21H2,1-2H3,(H,37,38)(H,39,41)/b13-11+. The molecule has 1 fully saturated rings. The lowest BCUT2D eigenvalue weighted by atomic mass is 10.0. The van der Waals surface area contributed by atoms with Gasteiger partial charge in [0.25, 0.3) is 0 Å². The number of anilines is 3. The molecular weight excluding hydrogens is 564 g/mol. The van der Waals surface area contributed by atoms with E-state index in [2.05, 4.69) is 38.6 Å². The largest absolute Gasteiger partial charge is 0.492 e. The minimum Gasteiger partial charge on any atom is -0.492 e. The highest BCUT2D eigenvalue weighted by Gasteiger charge is 2.18. The van der Waals surface area contributed by atoms with Gasteiger partial charge in [-0.05, 0) is 69.8 Å². The lowest BCUT2D eigenvalue weighted by Gasteiger charge is -2.30. The van der Waals surface area contributed by atoms with Crippen molar-refractivity contribution in [2.45, 2.75) is 38.8 Å². The molecule has 2 N–H and O–H groups in total. The van der Waals surface area contributed by atoms with Crippen molar-refractivity contribution in [1.82, 2.24) is 14.9 Å². The number of benzene rings is 2. The molecule has 1 aliphatic rings. The molecule has 43 heavy (non-hydrogen) atoms. The van der Waals surface area contributed by atoms with Crippen LogP contribution in [0.3, 0.4) is 0 Å². The Labute approximate surface area is 256 Å². The zero-order valence-corrected chi connectivity index (χ0v) is 24.9. The monoisotopic (exact) mass is 596 g/mol. The number of piperidine rings is 1. The molecule has 1 saturated heterocycles. The van der Waals surface area contributed by atoms with Crippen molar-refractivity contribution in [1.29, 1.82) is 5.26 Å². The highest BCUT2D eigenvalue weighted by molar-refractivity contribution is 6.32. The van der Waals surface area contributed by atoms with Crippen LogP contribution in [0.1, 0.15) is 37.4 Å². The second-order valence-electron chi connectivity index (χ2n) is 10.2. The molecule has 10 heteroatoms. The van der Waals surface area contributed by atoms with E-state index in [0.717, 1.165) is 25.1 Å². The zero-order chi connectivity index (χ0) is 30.2. The van der Waals surface area contributed by atoms with Crippen LogP contribution in [0, 0.1) is 11.3 Å². The summed E-state index contributed by atoms with van der Waals surface area (Å²) in [5.41, 5.74) is 3.39. The first-order valence-electron chi connectivity index (χ1n) is 14.2. The number of likely N-dealkylation sites (N-methyl/N-ethyl adjacent to an activating group) is 1. The summed E-state index contributed by atoms with van der Waals surface area (Å²) in [5, 5.41) is 17.2. The molecule has 0 aliphatic carbocycles. The molecule has 3 heterocycles. The van der Waals surface area contributed by atoms with Crippen LogP contribution in [0.2, 0.25) is 5.02 Å². The number of nitrogens with zero attached hydrogens (tertiary/aromatic N) is 4. The van der Waals surface area contributed by atoms with Crippen molar-refractivity contribution in [3.05, 3.63) is 89.4 Å². The van der Waals surface area contributed by atoms with Crippen LogP contribution in [-0.2, 0) is 11.4 Å². The van der Waals surface area contributed by atoms with E-state index in [0.29, 0.717) is 56.7 Å². The molecule has 9 nitrogen and oxygen atoms in total. The third-order valence-corrected chi connectivity index (χ3v) is 7.54. The Morgan fingerprint density at radius 2 is 2.05 bits per heavy atom. The minimum absolute atomic E-state index is 0.235. The number of fused-ring (bicyclic) bond motifs is 1. The van der Waals surface area contributed by atoms with Gasteiger partial charge >= 0.3 is 0 Å². The predicted molar refractivity (Wildman–Crippen MR) is 169 cm³/mol. The molecule has 0 radical (unpaired) electrons. The van der Waals surface area contributed by atoms with Gasteiger partial charge in [0.15, 0.2) is 0 Å². The molecule has 0 saturated carbocycles. The van der Waals surface area contributed by atoms with E-state index in [1.54, 1.807) is 36.5 Å². The van der Waals surface area contributed by atoms with Crippen molar-refractivity contribution < 1.29 is 14.3 Å². The van der Waals surface area contributed by atoms with Gasteiger partial charge in [-0.1, -0.05) is 30.2 Å². The summed E-state index contributed by atoms with van der Waals surface area (Å²) in [4.78, 5) is 24.0. The second-order valence-corrected chi connectivity index (χ2v) is 10.6. The van der Waals surface area contributed by atoms with Crippen molar-refractivity contribution in [3.8, 4) is 17.6 Å². The topological polar surface area (TPSA) is 112 Å². The average molecular weight is 597 g/mol. The highest BCUT2D eigenvalue weighted by atomic mass is 35.5. The first-order valence-corrected chi connectivity index (χ1v) is 14.6. The maximum absolute atomic E-state index is 13.0. The number of nitrogens with one attached hydrogen (secondary N) is 2. The SMILES string of the molecule is CCOc1cc2ncc(C#N)c(Nc3ccc(OCc4ccccn4)c(Cl)c3)c2cc1NC(=O)/C=C/C1CCCCN1C. The fourth-order valence-electron chi connectivity index (χ4n) is 5.00. The Morgan fingerprint density at radius 3 is 2.79 bits per heavy atom. The summed E-state index contributed by atoms with van der Waals surface area (Å²) in [6, 6.07) is 16.9. The Hall–Kier alpha value is -4.65. The van der Waals surface area contributed by atoms with E-state index in [9.17, 15) is 10.1 Å². The van der Waals surface area contributed by atoms with E-state index < -0.39 is 0 Å². The Kier molecular flexibility index (Phi) is 9.72. The number of carbonyl (C=O) groups excluding carboxylic acids is 1. The lowest BCUT2D eigenvalue weighted by molar-refractivity contribution is -0.112. The molecule has 2 aromatic heterocycles. The number of carbonyl (C=O) groups is 1. The highest BCUT2D eigenvalue weighted by Crippen LogP contribution is 2.37. The Morgan fingerprint density at radius 1 is 1.16 bits per heavy atom. The molecule has 0 spiro atoms. The van der Waals surface area contributed by atoms with Crippen molar-refractivity contribution >= 4 is 45.5 Å². The number of hydrogen-bond donors (Lipinski definition) is 2. The molecule has 220 valence electrons. The molecule has 1 atom stereocenters. The van der Waals surface area contributed by atoms with Gasteiger partial charge in [-0.25, -0.2) is 0 Å².